The van der Waals surface area contributed by atoms with Gasteiger partial charge in [-0.15, -0.1) is 0 Å². The standard InChI is InChI=1S/C20H23F3N2O2/c1-13-9-17(15(3)25(13)12-20(21,22)23)19(26)24-10-14(2)27-18(11-24)16-7-5-4-6-8-16/h4-9,14,18H,10-12H2,1-3H3/t14-,18+/m1/s1. The van der Waals surface area contributed by atoms with Crippen LogP contribution in [0.3, 0.4) is 0 Å². The molecule has 2 atom stereocenters. The van der Waals surface area contributed by atoms with Crippen LogP contribution < -0.4 is 0 Å². The van der Waals surface area contributed by atoms with E-state index in [4.69, 9.17) is 4.74 Å². The van der Waals surface area contributed by atoms with E-state index in [1.807, 2.05) is 37.3 Å². The van der Waals surface area contributed by atoms with E-state index >= 15 is 0 Å². The average molecular weight is 380 g/mol. The molecular formula is C20H23F3N2O2. The monoisotopic (exact) mass is 380 g/mol. The van der Waals surface area contributed by atoms with Crippen LogP contribution >= 0.6 is 0 Å². The van der Waals surface area contributed by atoms with Gasteiger partial charge in [0.05, 0.1) is 18.2 Å². The fourth-order valence-electron chi connectivity index (χ4n) is 3.58. The maximum absolute atomic E-state index is 13.0. The fourth-order valence-corrected chi connectivity index (χ4v) is 3.58. The largest absolute Gasteiger partial charge is 0.406 e. The normalized spacial score (nSPS) is 20.7. The van der Waals surface area contributed by atoms with Crippen molar-refractivity contribution in [1.29, 1.82) is 0 Å². The van der Waals surface area contributed by atoms with Crippen LogP contribution in [0.25, 0.3) is 0 Å². The second kappa shape index (κ2) is 7.38. The van der Waals surface area contributed by atoms with Crippen LogP contribution in [0.5, 0.6) is 0 Å². The molecule has 0 aliphatic carbocycles. The van der Waals surface area contributed by atoms with Crippen LogP contribution in [0.1, 0.15) is 40.3 Å². The van der Waals surface area contributed by atoms with Gasteiger partial charge in [0.15, 0.2) is 0 Å². The number of halogens is 3. The Morgan fingerprint density at radius 2 is 1.85 bits per heavy atom. The zero-order valence-electron chi connectivity index (χ0n) is 15.6. The highest BCUT2D eigenvalue weighted by atomic mass is 19.4. The van der Waals surface area contributed by atoms with Crippen molar-refractivity contribution < 1.29 is 22.7 Å². The number of aryl methyl sites for hydroxylation is 1. The summed E-state index contributed by atoms with van der Waals surface area (Å²) in [6, 6.07) is 11.2. The lowest BCUT2D eigenvalue weighted by Crippen LogP contribution is -2.46. The molecule has 1 saturated heterocycles. The van der Waals surface area contributed by atoms with Crippen LogP contribution in [0.4, 0.5) is 13.2 Å². The van der Waals surface area contributed by atoms with Crippen LogP contribution in [0.2, 0.25) is 0 Å². The molecule has 0 spiro atoms. The summed E-state index contributed by atoms with van der Waals surface area (Å²) in [5.74, 6) is -0.257. The van der Waals surface area contributed by atoms with Gasteiger partial charge < -0.3 is 14.2 Å². The van der Waals surface area contributed by atoms with Crippen molar-refractivity contribution in [3.63, 3.8) is 0 Å². The molecule has 0 radical (unpaired) electrons. The third-order valence-corrected chi connectivity index (χ3v) is 4.86. The molecule has 0 unspecified atom stereocenters. The molecule has 1 fully saturated rings. The maximum atomic E-state index is 13.0. The predicted octanol–water partition coefficient (Wildman–Crippen LogP) is 4.27. The first-order valence-corrected chi connectivity index (χ1v) is 8.89. The molecule has 2 heterocycles. The highest BCUT2D eigenvalue weighted by Gasteiger charge is 2.33. The number of amides is 1. The van der Waals surface area contributed by atoms with Crippen molar-refractivity contribution >= 4 is 5.91 Å². The van der Waals surface area contributed by atoms with Crippen molar-refractivity contribution in [3.8, 4) is 0 Å². The smallest absolute Gasteiger partial charge is 0.367 e. The number of hydrogen-bond donors (Lipinski definition) is 0. The van der Waals surface area contributed by atoms with Gasteiger partial charge in [-0.05, 0) is 32.4 Å². The Labute approximate surface area is 156 Å². The minimum atomic E-state index is -4.33. The zero-order chi connectivity index (χ0) is 19.8. The molecule has 2 aromatic rings. The van der Waals surface area contributed by atoms with E-state index in [1.54, 1.807) is 24.8 Å². The summed E-state index contributed by atoms with van der Waals surface area (Å²) in [6.07, 6.45) is -4.75. The van der Waals surface area contributed by atoms with Gasteiger partial charge >= 0.3 is 6.18 Å². The van der Waals surface area contributed by atoms with Gasteiger partial charge in [0.25, 0.3) is 5.91 Å². The van der Waals surface area contributed by atoms with E-state index in [0.717, 1.165) is 10.1 Å². The van der Waals surface area contributed by atoms with Gasteiger partial charge in [-0.1, -0.05) is 30.3 Å². The Bertz CT molecular complexity index is 815. The molecule has 1 aliphatic rings. The molecule has 146 valence electrons. The van der Waals surface area contributed by atoms with Gasteiger partial charge in [-0.25, -0.2) is 0 Å². The highest BCUT2D eigenvalue weighted by molar-refractivity contribution is 5.95. The summed E-state index contributed by atoms with van der Waals surface area (Å²) in [5, 5.41) is 0. The topological polar surface area (TPSA) is 34.5 Å². The minimum absolute atomic E-state index is 0.161. The third kappa shape index (κ3) is 4.35. The van der Waals surface area contributed by atoms with E-state index in [2.05, 4.69) is 0 Å². The molecule has 0 bridgehead atoms. The average Bonchev–Trinajstić information content (AvgIpc) is 2.88. The number of carbonyl (C=O) groups excluding carboxylic acids is 1. The van der Waals surface area contributed by atoms with E-state index in [-0.39, 0.29) is 18.1 Å². The fraction of sp³-hybridized carbons (Fsp3) is 0.450. The lowest BCUT2D eigenvalue weighted by Gasteiger charge is -2.37. The van der Waals surface area contributed by atoms with Crippen LogP contribution in [0.15, 0.2) is 36.4 Å². The first-order chi connectivity index (χ1) is 12.7. The predicted molar refractivity (Wildman–Crippen MR) is 95.6 cm³/mol. The van der Waals surface area contributed by atoms with Gasteiger partial charge in [0.2, 0.25) is 0 Å². The third-order valence-electron chi connectivity index (χ3n) is 4.86. The Morgan fingerprint density at radius 3 is 2.48 bits per heavy atom. The van der Waals surface area contributed by atoms with Crippen molar-refractivity contribution in [3.05, 3.63) is 58.9 Å². The molecule has 4 nitrogen and oxygen atoms in total. The lowest BCUT2D eigenvalue weighted by molar-refractivity contribution is -0.141. The summed E-state index contributed by atoms with van der Waals surface area (Å²) in [5.41, 5.74) is 2.06. The number of aromatic nitrogens is 1. The number of alkyl halides is 3. The van der Waals surface area contributed by atoms with Crippen LogP contribution in [-0.4, -0.2) is 40.7 Å². The summed E-state index contributed by atoms with van der Waals surface area (Å²) in [4.78, 5) is 14.7. The summed E-state index contributed by atoms with van der Waals surface area (Å²) in [6.45, 7) is 4.72. The molecule has 3 rings (SSSR count). The number of nitrogens with zero attached hydrogens (tertiary/aromatic N) is 2. The van der Waals surface area contributed by atoms with Gasteiger partial charge in [0, 0.05) is 17.9 Å². The Balaban J connectivity index is 1.84. The number of benzene rings is 1. The highest BCUT2D eigenvalue weighted by Crippen LogP contribution is 2.28. The Kier molecular flexibility index (Phi) is 5.33. The number of ether oxygens (including phenoxy) is 1. The second-order valence-electron chi connectivity index (χ2n) is 7.04. The molecule has 27 heavy (non-hydrogen) atoms. The van der Waals surface area contributed by atoms with Crippen LogP contribution in [0, 0.1) is 13.8 Å². The van der Waals surface area contributed by atoms with E-state index in [0.29, 0.717) is 30.0 Å². The summed E-state index contributed by atoms with van der Waals surface area (Å²) >= 11 is 0. The van der Waals surface area contributed by atoms with Gasteiger partial charge in [-0.2, -0.15) is 13.2 Å². The first-order valence-electron chi connectivity index (χ1n) is 8.89. The zero-order valence-corrected chi connectivity index (χ0v) is 15.6. The van der Waals surface area contributed by atoms with Crippen LogP contribution in [-0.2, 0) is 11.3 Å². The maximum Gasteiger partial charge on any atom is 0.406 e. The van der Waals surface area contributed by atoms with E-state index in [9.17, 15) is 18.0 Å². The number of morpholine rings is 1. The molecule has 1 aromatic carbocycles. The minimum Gasteiger partial charge on any atom is -0.367 e. The molecule has 7 heteroatoms. The number of rotatable bonds is 3. The van der Waals surface area contributed by atoms with Gasteiger partial charge in [-0.3, -0.25) is 4.79 Å². The lowest BCUT2D eigenvalue weighted by atomic mass is 10.1. The SMILES string of the molecule is Cc1cc(C(=O)N2C[C@@H](C)O[C@H](c3ccccc3)C2)c(C)n1CC(F)(F)F. The Morgan fingerprint density at radius 1 is 1.19 bits per heavy atom. The van der Waals surface area contributed by atoms with Crippen molar-refractivity contribution in [2.24, 2.45) is 0 Å². The quantitative estimate of drug-likeness (QED) is 0.797. The molecule has 0 saturated carbocycles. The molecule has 0 N–H and O–H groups in total. The Hall–Kier alpha value is -2.28. The molecule has 1 aliphatic heterocycles. The molecule has 1 aromatic heterocycles. The van der Waals surface area contributed by atoms with Crippen molar-refractivity contribution in [2.45, 2.75) is 45.7 Å². The van der Waals surface area contributed by atoms with E-state index < -0.39 is 12.7 Å². The summed E-state index contributed by atoms with van der Waals surface area (Å²) < 4.78 is 45.6. The van der Waals surface area contributed by atoms with E-state index in [1.165, 1.54) is 0 Å². The molecular weight excluding hydrogens is 357 g/mol. The molecule has 1 amide bonds. The number of carbonyl (C=O) groups is 1. The first kappa shape index (κ1) is 19.5. The number of hydrogen-bond acceptors (Lipinski definition) is 2. The van der Waals surface area contributed by atoms with Crippen molar-refractivity contribution in [2.75, 3.05) is 13.1 Å². The second-order valence-corrected chi connectivity index (χ2v) is 7.04. The van der Waals surface area contributed by atoms with Crippen molar-refractivity contribution in [1.82, 2.24) is 9.47 Å². The summed E-state index contributed by atoms with van der Waals surface area (Å²) in [7, 11) is 0. The van der Waals surface area contributed by atoms with Gasteiger partial charge in [0.1, 0.15) is 12.6 Å².